The lowest BCUT2D eigenvalue weighted by atomic mass is 9.86. The van der Waals surface area contributed by atoms with Crippen LogP contribution in [0.25, 0.3) is 0 Å². The van der Waals surface area contributed by atoms with E-state index in [1.54, 1.807) is 6.20 Å². The van der Waals surface area contributed by atoms with Crippen molar-refractivity contribution in [1.82, 2.24) is 15.3 Å². The van der Waals surface area contributed by atoms with Crippen LogP contribution in [0, 0.1) is 5.92 Å². The molecule has 1 heterocycles. The molecule has 1 aromatic rings. The summed E-state index contributed by atoms with van der Waals surface area (Å²) in [5.74, 6) is 0.428. The Labute approximate surface area is 124 Å². The lowest BCUT2D eigenvalue weighted by molar-refractivity contribution is -0.121. The molecule has 6 nitrogen and oxygen atoms in total. The molecule has 4 N–H and O–H groups in total. The fraction of sp³-hybridized carbons (Fsp3) is 0.667. The summed E-state index contributed by atoms with van der Waals surface area (Å²) < 4.78 is 0. The van der Waals surface area contributed by atoms with Gasteiger partial charge in [0.1, 0.15) is 0 Å². The van der Waals surface area contributed by atoms with Crippen molar-refractivity contribution in [3.63, 3.8) is 0 Å². The Kier molecular flexibility index (Phi) is 5.78. The number of carbonyl (C=O) groups is 2. The molecular weight excluding hydrogens is 268 g/mol. The molecule has 1 saturated carbocycles. The molecule has 0 saturated heterocycles. The van der Waals surface area contributed by atoms with Crippen molar-refractivity contribution in [3.8, 4) is 0 Å². The fourth-order valence-corrected chi connectivity index (χ4v) is 2.85. The highest BCUT2D eigenvalue weighted by molar-refractivity contribution is 5.88. The Morgan fingerprint density at radius 3 is 2.76 bits per heavy atom. The quantitative estimate of drug-likeness (QED) is 0.710. The molecular formula is C15H24N4O2. The maximum Gasteiger partial charge on any atom is 0.284 e. The topological polar surface area (TPSA) is 101 Å². The van der Waals surface area contributed by atoms with Gasteiger partial charge in [0.15, 0.2) is 5.82 Å². The van der Waals surface area contributed by atoms with Gasteiger partial charge in [-0.25, -0.2) is 4.98 Å². The molecule has 1 fully saturated rings. The molecule has 2 amide bonds. The molecule has 116 valence electrons. The summed E-state index contributed by atoms with van der Waals surface area (Å²) in [6.07, 6.45) is 10.3. The number of carbonyl (C=O) groups excluding carboxylic acids is 2. The largest absolute Gasteiger partial charge is 0.363 e. The molecule has 1 aromatic heterocycles. The van der Waals surface area contributed by atoms with Crippen LogP contribution in [0.3, 0.4) is 0 Å². The minimum absolute atomic E-state index is 0.107. The summed E-state index contributed by atoms with van der Waals surface area (Å²) in [7, 11) is 0. The predicted molar refractivity (Wildman–Crippen MR) is 79.6 cm³/mol. The maximum absolute atomic E-state index is 11.8. The molecule has 2 rings (SSSR count). The number of nitrogens with zero attached hydrogens (tertiary/aromatic N) is 1. The van der Waals surface area contributed by atoms with Gasteiger partial charge in [0.2, 0.25) is 5.91 Å². The Balaban J connectivity index is 1.61. The Hall–Kier alpha value is -1.85. The lowest BCUT2D eigenvalue weighted by Crippen LogP contribution is -2.26. The van der Waals surface area contributed by atoms with Crippen LogP contribution in [0.15, 0.2) is 6.20 Å². The summed E-state index contributed by atoms with van der Waals surface area (Å²) in [6, 6.07) is 0. The highest BCUT2D eigenvalue weighted by Crippen LogP contribution is 2.27. The van der Waals surface area contributed by atoms with Crippen molar-refractivity contribution in [2.24, 2.45) is 11.7 Å². The number of rotatable bonds is 7. The van der Waals surface area contributed by atoms with E-state index in [4.69, 9.17) is 5.73 Å². The first kappa shape index (κ1) is 15.5. The zero-order valence-electron chi connectivity index (χ0n) is 12.4. The van der Waals surface area contributed by atoms with Gasteiger partial charge in [0.25, 0.3) is 5.91 Å². The van der Waals surface area contributed by atoms with Crippen molar-refractivity contribution in [2.75, 3.05) is 6.54 Å². The third kappa shape index (κ3) is 5.21. The first-order valence-corrected chi connectivity index (χ1v) is 7.75. The van der Waals surface area contributed by atoms with Crippen LogP contribution in [0.2, 0.25) is 0 Å². The lowest BCUT2D eigenvalue weighted by Gasteiger charge is -2.20. The van der Waals surface area contributed by atoms with Gasteiger partial charge in [-0.2, -0.15) is 0 Å². The highest BCUT2D eigenvalue weighted by Gasteiger charge is 2.14. The van der Waals surface area contributed by atoms with Crippen LogP contribution in [-0.2, 0) is 11.2 Å². The second-order valence-electron chi connectivity index (χ2n) is 5.76. The van der Waals surface area contributed by atoms with Gasteiger partial charge >= 0.3 is 0 Å². The van der Waals surface area contributed by atoms with Gasteiger partial charge in [0.05, 0.1) is 0 Å². The second kappa shape index (κ2) is 7.81. The molecule has 21 heavy (non-hydrogen) atoms. The van der Waals surface area contributed by atoms with Crippen LogP contribution in [-0.4, -0.2) is 28.3 Å². The summed E-state index contributed by atoms with van der Waals surface area (Å²) in [5.41, 5.74) is 5.91. The summed E-state index contributed by atoms with van der Waals surface area (Å²) in [4.78, 5) is 29.4. The monoisotopic (exact) mass is 292 g/mol. The smallest absolute Gasteiger partial charge is 0.284 e. The van der Waals surface area contributed by atoms with Crippen LogP contribution in [0.1, 0.15) is 61.3 Å². The summed E-state index contributed by atoms with van der Waals surface area (Å²) in [5, 5.41) is 2.91. The highest BCUT2D eigenvalue weighted by atomic mass is 16.2. The number of primary amides is 1. The van der Waals surface area contributed by atoms with Gasteiger partial charge in [-0.15, -0.1) is 0 Å². The molecule has 1 aliphatic carbocycles. The number of nitrogens with two attached hydrogens (primary N) is 1. The van der Waals surface area contributed by atoms with E-state index in [2.05, 4.69) is 15.3 Å². The number of aromatic nitrogens is 2. The van der Waals surface area contributed by atoms with Crippen molar-refractivity contribution in [3.05, 3.63) is 17.7 Å². The van der Waals surface area contributed by atoms with E-state index in [-0.39, 0.29) is 11.7 Å². The molecule has 6 heteroatoms. The zero-order valence-corrected chi connectivity index (χ0v) is 12.4. The number of hydrogen-bond donors (Lipinski definition) is 3. The normalized spacial score (nSPS) is 15.8. The number of aromatic amines is 1. The van der Waals surface area contributed by atoms with Gasteiger partial charge in [-0.05, 0) is 12.3 Å². The molecule has 0 radical (unpaired) electrons. The van der Waals surface area contributed by atoms with Crippen LogP contribution in [0.5, 0.6) is 0 Å². The first-order chi connectivity index (χ1) is 10.1. The molecule has 0 aliphatic heterocycles. The third-order valence-electron chi connectivity index (χ3n) is 4.08. The summed E-state index contributed by atoms with van der Waals surface area (Å²) in [6.45, 7) is 0.546. The van der Waals surface area contributed by atoms with E-state index in [0.29, 0.717) is 19.4 Å². The molecule has 0 bridgehead atoms. The SMILES string of the molecule is NC(=O)c1ncc(CCNC(=O)CCC2CCCCC2)[nH]1. The van der Waals surface area contributed by atoms with Crippen molar-refractivity contribution in [2.45, 2.75) is 51.4 Å². The average Bonchev–Trinajstić information content (AvgIpc) is 2.95. The second-order valence-corrected chi connectivity index (χ2v) is 5.76. The number of imidazole rings is 1. The average molecular weight is 292 g/mol. The van der Waals surface area contributed by atoms with E-state index in [0.717, 1.165) is 18.0 Å². The Bertz CT molecular complexity index is 478. The van der Waals surface area contributed by atoms with Crippen LogP contribution in [0.4, 0.5) is 0 Å². The van der Waals surface area contributed by atoms with Crippen molar-refractivity contribution >= 4 is 11.8 Å². The number of amides is 2. The van der Waals surface area contributed by atoms with E-state index in [9.17, 15) is 9.59 Å². The van der Waals surface area contributed by atoms with E-state index >= 15 is 0 Å². The maximum atomic E-state index is 11.8. The Morgan fingerprint density at radius 1 is 1.33 bits per heavy atom. The van der Waals surface area contributed by atoms with Crippen molar-refractivity contribution < 1.29 is 9.59 Å². The van der Waals surface area contributed by atoms with Gasteiger partial charge in [-0.1, -0.05) is 32.1 Å². The molecule has 0 atom stereocenters. The third-order valence-corrected chi connectivity index (χ3v) is 4.08. The molecule has 0 unspecified atom stereocenters. The minimum Gasteiger partial charge on any atom is -0.363 e. The van der Waals surface area contributed by atoms with Crippen LogP contribution < -0.4 is 11.1 Å². The fourth-order valence-electron chi connectivity index (χ4n) is 2.85. The predicted octanol–water partition coefficient (Wildman–Crippen LogP) is 1.53. The van der Waals surface area contributed by atoms with Crippen LogP contribution >= 0.6 is 0 Å². The van der Waals surface area contributed by atoms with Gasteiger partial charge < -0.3 is 16.0 Å². The van der Waals surface area contributed by atoms with Gasteiger partial charge in [0, 0.05) is 31.3 Å². The first-order valence-electron chi connectivity index (χ1n) is 7.75. The number of H-pyrrole nitrogens is 1. The Morgan fingerprint density at radius 2 is 2.10 bits per heavy atom. The van der Waals surface area contributed by atoms with Crippen molar-refractivity contribution in [1.29, 1.82) is 0 Å². The number of nitrogens with one attached hydrogen (secondary N) is 2. The van der Waals surface area contributed by atoms with E-state index < -0.39 is 5.91 Å². The molecule has 1 aliphatic rings. The minimum atomic E-state index is -0.572. The zero-order chi connectivity index (χ0) is 15.1. The van der Waals surface area contributed by atoms with Gasteiger partial charge in [-0.3, -0.25) is 9.59 Å². The molecule has 0 spiro atoms. The molecule has 0 aromatic carbocycles. The summed E-state index contributed by atoms with van der Waals surface area (Å²) >= 11 is 0. The number of hydrogen-bond acceptors (Lipinski definition) is 3. The standard InChI is InChI=1S/C15H24N4O2/c16-14(21)15-18-10-12(19-15)8-9-17-13(20)7-6-11-4-2-1-3-5-11/h10-11H,1-9H2,(H2,16,21)(H,17,20)(H,18,19). The van der Waals surface area contributed by atoms with E-state index in [1.807, 2.05) is 0 Å². The van der Waals surface area contributed by atoms with E-state index in [1.165, 1.54) is 32.1 Å².